The van der Waals surface area contributed by atoms with Gasteiger partial charge in [-0.25, -0.2) is 0 Å². The normalized spacial score (nSPS) is 30.3. The average molecular weight is 267 g/mol. The lowest BCUT2D eigenvalue weighted by Gasteiger charge is -2.39. The Hall–Kier alpha value is -0.120. The Kier molecular flexibility index (Phi) is 6.11. The lowest BCUT2D eigenvalue weighted by Crippen LogP contribution is -2.50. The summed E-state index contributed by atoms with van der Waals surface area (Å²) in [6, 6.07) is 1.59. The molecule has 2 fully saturated rings. The molecule has 0 spiro atoms. The fourth-order valence-electron chi connectivity index (χ4n) is 3.93. The first-order valence-corrected chi connectivity index (χ1v) is 8.33. The minimum Gasteiger partial charge on any atom is -0.312 e. The van der Waals surface area contributed by atoms with E-state index in [1.165, 1.54) is 64.7 Å². The van der Waals surface area contributed by atoms with E-state index in [-0.39, 0.29) is 0 Å². The minimum absolute atomic E-state index is 0.769. The Morgan fingerprint density at radius 2 is 1.84 bits per heavy atom. The molecule has 1 aliphatic heterocycles. The molecule has 1 N–H and O–H groups in total. The Morgan fingerprint density at radius 3 is 2.47 bits per heavy atom. The molecule has 3 nitrogen and oxygen atoms in total. The van der Waals surface area contributed by atoms with Gasteiger partial charge in [0.05, 0.1) is 0 Å². The van der Waals surface area contributed by atoms with Crippen molar-refractivity contribution in [2.75, 3.05) is 40.3 Å². The Labute approximate surface area is 119 Å². The zero-order valence-electron chi connectivity index (χ0n) is 13.2. The van der Waals surface area contributed by atoms with Crippen molar-refractivity contribution in [3.63, 3.8) is 0 Å². The highest BCUT2D eigenvalue weighted by molar-refractivity contribution is 4.92. The lowest BCUT2D eigenvalue weighted by atomic mass is 9.94. The third-order valence-electron chi connectivity index (χ3n) is 4.88. The van der Waals surface area contributed by atoms with E-state index < -0.39 is 0 Å². The minimum atomic E-state index is 0.769. The molecule has 1 saturated carbocycles. The van der Waals surface area contributed by atoms with Crippen molar-refractivity contribution in [1.82, 2.24) is 15.1 Å². The molecule has 2 rings (SSSR count). The van der Waals surface area contributed by atoms with E-state index in [9.17, 15) is 0 Å². The zero-order valence-corrected chi connectivity index (χ0v) is 13.2. The van der Waals surface area contributed by atoms with Crippen molar-refractivity contribution >= 4 is 0 Å². The molecule has 1 heterocycles. The highest BCUT2D eigenvalue weighted by atomic mass is 15.2. The van der Waals surface area contributed by atoms with Crippen LogP contribution in [0.15, 0.2) is 0 Å². The molecule has 2 atom stereocenters. The van der Waals surface area contributed by atoms with Gasteiger partial charge in [-0.15, -0.1) is 0 Å². The lowest BCUT2D eigenvalue weighted by molar-refractivity contribution is 0.107. The van der Waals surface area contributed by atoms with Crippen LogP contribution in [-0.2, 0) is 0 Å². The summed E-state index contributed by atoms with van der Waals surface area (Å²) < 4.78 is 0. The molecular formula is C16H33N3. The highest BCUT2D eigenvalue weighted by Gasteiger charge is 2.33. The summed E-state index contributed by atoms with van der Waals surface area (Å²) >= 11 is 0. The Balaban J connectivity index is 1.76. The van der Waals surface area contributed by atoms with Crippen LogP contribution in [0.5, 0.6) is 0 Å². The van der Waals surface area contributed by atoms with Crippen LogP contribution in [0.1, 0.15) is 45.4 Å². The van der Waals surface area contributed by atoms with Crippen LogP contribution in [0.4, 0.5) is 0 Å². The number of hydrogen-bond donors (Lipinski definition) is 1. The molecule has 0 aromatic heterocycles. The van der Waals surface area contributed by atoms with Gasteiger partial charge >= 0.3 is 0 Å². The van der Waals surface area contributed by atoms with E-state index in [0.29, 0.717) is 0 Å². The number of rotatable bonds is 6. The van der Waals surface area contributed by atoms with Gasteiger partial charge in [-0.1, -0.05) is 13.3 Å². The molecular weight excluding hydrogens is 234 g/mol. The topological polar surface area (TPSA) is 18.5 Å². The second-order valence-corrected chi connectivity index (χ2v) is 6.80. The molecule has 19 heavy (non-hydrogen) atoms. The molecule has 2 aliphatic rings. The molecule has 112 valence electrons. The number of likely N-dealkylation sites (tertiary alicyclic amines) is 1. The van der Waals surface area contributed by atoms with Gasteiger partial charge in [0.2, 0.25) is 0 Å². The van der Waals surface area contributed by atoms with Crippen LogP contribution in [0.25, 0.3) is 0 Å². The summed E-state index contributed by atoms with van der Waals surface area (Å²) in [5.74, 6) is 0.926. The summed E-state index contributed by atoms with van der Waals surface area (Å²) in [6.45, 7) is 7.39. The monoisotopic (exact) mass is 267 g/mol. The maximum atomic E-state index is 3.77. The fraction of sp³-hybridized carbons (Fsp3) is 1.00. The number of nitrogens with zero attached hydrogens (tertiary/aromatic N) is 2. The SMILES string of the molecule is CCCNC1CCCC1N1CCC(CN(C)C)CC1. The van der Waals surface area contributed by atoms with Crippen LogP contribution in [0.2, 0.25) is 0 Å². The largest absolute Gasteiger partial charge is 0.312 e. The van der Waals surface area contributed by atoms with Crippen LogP contribution in [-0.4, -0.2) is 62.2 Å². The van der Waals surface area contributed by atoms with Crippen molar-refractivity contribution in [2.45, 2.75) is 57.5 Å². The van der Waals surface area contributed by atoms with Crippen molar-refractivity contribution in [3.05, 3.63) is 0 Å². The van der Waals surface area contributed by atoms with Gasteiger partial charge in [-0.3, -0.25) is 4.90 Å². The van der Waals surface area contributed by atoms with Gasteiger partial charge in [0.25, 0.3) is 0 Å². The molecule has 2 unspecified atom stereocenters. The van der Waals surface area contributed by atoms with Crippen molar-refractivity contribution in [3.8, 4) is 0 Å². The first kappa shape index (κ1) is 15.3. The molecule has 3 heteroatoms. The first-order chi connectivity index (χ1) is 9.20. The van der Waals surface area contributed by atoms with Crippen LogP contribution in [0, 0.1) is 5.92 Å². The number of piperidine rings is 1. The van der Waals surface area contributed by atoms with E-state index in [2.05, 4.69) is 36.1 Å². The summed E-state index contributed by atoms with van der Waals surface area (Å²) in [4.78, 5) is 5.13. The molecule has 0 aromatic rings. The predicted octanol–water partition coefficient (Wildman–Crippen LogP) is 2.18. The van der Waals surface area contributed by atoms with E-state index in [1.807, 2.05) is 0 Å². The van der Waals surface area contributed by atoms with Crippen molar-refractivity contribution in [1.29, 1.82) is 0 Å². The van der Waals surface area contributed by atoms with E-state index in [4.69, 9.17) is 0 Å². The summed E-state index contributed by atoms with van der Waals surface area (Å²) in [6.07, 6.45) is 8.28. The van der Waals surface area contributed by atoms with E-state index in [0.717, 1.165) is 18.0 Å². The number of hydrogen-bond acceptors (Lipinski definition) is 3. The summed E-state index contributed by atoms with van der Waals surface area (Å²) in [7, 11) is 4.40. The van der Waals surface area contributed by atoms with Gasteiger partial charge in [0.1, 0.15) is 0 Å². The summed E-state index contributed by atoms with van der Waals surface area (Å²) in [5.41, 5.74) is 0. The molecule has 0 bridgehead atoms. The second-order valence-electron chi connectivity index (χ2n) is 6.80. The zero-order chi connectivity index (χ0) is 13.7. The van der Waals surface area contributed by atoms with Gasteiger partial charge in [0.15, 0.2) is 0 Å². The van der Waals surface area contributed by atoms with Crippen molar-refractivity contribution in [2.24, 2.45) is 5.92 Å². The average Bonchev–Trinajstić information content (AvgIpc) is 2.85. The van der Waals surface area contributed by atoms with Gasteiger partial charge in [0, 0.05) is 18.6 Å². The third kappa shape index (κ3) is 4.44. The molecule has 0 radical (unpaired) electrons. The third-order valence-corrected chi connectivity index (χ3v) is 4.88. The van der Waals surface area contributed by atoms with Gasteiger partial charge in [-0.05, 0) is 71.8 Å². The Morgan fingerprint density at radius 1 is 1.11 bits per heavy atom. The van der Waals surface area contributed by atoms with Gasteiger partial charge in [-0.2, -0.15) is 0 Å². The number of nitrogens with one attached hydrogen (secondary N) is 1. The smallest absolute Gasteiger partial charge is 0.0249 e. The molecule has 1 saturated heterocycles. The second kappa shape index (κ2) is 7.61. The van der Waals surface area contributed by atoms with Crippen molar-refractivity contribution < 1.29 is 0 Å². The maximum absolute atomic E-state index is 3.77. The van der Waals surface area contributed by atoms with Crippen LogP contribution >= 0.6 is 0 Å². The molecule has 1 aliphatic carbocycles. The standard InChI is InChI=1S/C16H33N3/c1-4-10-17-15-6-5-7-16(15)19-11-8-14(9-12-19)13-18(2)3/h14-17H,4-13H2,1-3H3. The quantitative estimate of drug-likeness (QED) is 0.796. The molecule has 0 aromatic carbocycles. The maximum Gasteiger partial charge on any atom is 0.0249 e. The van der Waals surface area contributed by atoms with Gasteiger partial charge < -0.3 is 10.2 Å². The fourth-order valence-corrected chi connectivity index (χ4v) is 3.93. The Bertz CT molecular complexity index is 246. The summed E-state index contributed by atoms with van der Waals surface area (Å²) in [5, 5.41) is 3.77. The molecule has 0 amide bonds. The van der Waals surface area contributed by atoms with E-state index in [1.54, 1.807) is 0 Å². The highest BCUT2D eigenvalue weighted by Crippen LogP contribution is 2.28. The predicted molar refractivity (Wildman–Crippen MR) is 82.6 cm³/mol. The van der Waals surface area contributed by atoms with Crippen LogP contribution in [0.3, 0.4) is 0 Å². The van der Waals surface area contributed by atoms with E-state index >= 15 is 0 Å². The first-order valence-electron chi connectivity index (χ1n) is 8.33. The van der Waals surface area contributed by atoms with Crippen LogP contribution < -0.4 is 5.32 Å².